The van der Waals surface area contributed by atoms with E-state index in [9.17, 15) is 9.18 Å². The Bertz CT molecular complexity index is 1700. The molecule has 0 bridgehead atoms. The van der Waals surface area contributed by atoms with Crippen LogP contribution in [0.3, 0.4) is 0 Å². The van der Waals surface area contributed by atoms with Crippen LogP contribution in [0.5, 0.6) is 0 Å². The maximum atomic E-state index is 13.6. The molecule has 39 heavy (non-hydrogen) atoms. The topological polar surface area (TPSA) is 142 Å². The van der Waals surface area contributed by atoms with E-state index in [0.29, 0.717) is 44.9 Å². The zero-order chi connectivity index (χ0) is 27.4. The van der Waals surface area contributed by atoms with Crippen LogP contribution in [-0.4, -0.2) is 35.2 Å². The van der Waals surface area contributed by atoms with E-state index >= 15 is 0 Å². The van der Waals surface area contributed by atoms with Gasteiger partial charge in [-0.1, -0.05) is 6.07 Å². The van der Waals surface area contributed by atoms with Crippen LogP contribution >= 0.6 is 11.5 Å². The molecule has 5 aromatic rings. The lowest BCUT2D eigenvalue weighted by Crippen LogP contribution is -2.23. The van der Waals surface area contributed by atoms with Crippen molar-refractivity contribution >= 4 is 29.1 Å². The van der Waals surface area contributed by atoms with Gasteiger partial charge < -0.3 is 10.6 Å². The minimum Gasteiger partial charge on any atom is -0.347 e. The van der Waals surface area contributed by atoms with Crippen LogP contribution in [0.4, 0.5) is 16.0 Å². The zero-order valence-corrected chi connectivity index (χ0v) is 21.6. The maximum Gasteiger partial charge on any atom is 0.270 e. The van der Waals surface area contributed by atoms with Gasteiger partial charge in [0.1, 0.15) is 34.1 Å². The zero-order valence-electron chi connectivity index (χ0n) is 20.8. The van der Waals surface area contributed by atoms with Gasteiger partial charge in [0.05, 0.1) is 11.9 Å². The number of carbonyl (C=O) groups is 1. The lowest BCUT2D eigenvalue weighted by atomic mass is 10.1. The summed E-state index contributed by atoms with van der Waals surface area (Å²) in [7, 11) is 0. The molecule has 5 heterocycles. The molecule has 192 valence electrons. The standard InChI is InChI=1S/C27H20FN9OS/c1-15-7-24(35-25-9-20(10-29)39-37-25)36-26(34-15)18-4-6-23(32-13-18)27(38)33-12-17-3-5-22(31-11-17)21-8-19(28)14-30-16(21)2/h3-9,11,13-14H,12H2,1-2H3,(H,33,38)(H,34,35,36,37). The van der Waals surface area contributed by atoms with Crippen LogP contribution < -0.4 is 10.6 Å². The number of nitriles is 1. The molecule has 0 radical (unpaired) electrons. The maximum absolute atomic E-state index is 13.6. The van der Waals surface area contributed by atoms with Crippen molar-refractivity contribution in [2.75, 3.05) is 5.32 Å². The Morgan fingerprint density at radius 1 is 1.00 bits per heavy atom. The van der Waals surface area contributed by atoms with Gasteiger partial charge in [0.25, 0.3) is 5.91 Å². The molecule has 5 rings (SSSR count). The minimum atomic E-state index is -0.427. The number of hydrogen-bond donors (Lipinski definition) is 2. The normalized spacial score (nSPS) is 10.6. The average Bonchev–Trinajstić information content (AvgIpc) is 3.40. The molecule has 0 unspecified atom stereocenters. The van der Waals surface area contributed by atoms with Crippen molar-refractivity contribution in [3.05, 3.63) is 94.4 Å². The molecule has 5 aromatic heterocycles. The number of nitrogens with one attached hydrogen (secondary N) is 2. The number of aryl methyl sites for hydroxylation is 2. The smallest absolute Gasteiger partial charge is 0.270 e. The SMILES string of the molecule is Cc1cc(Nc2cc(C#N)sn2)nc(-c2ccc(C(=O)NCc3ccc(-c4cc(F)cnc4C)nc3)nc2)n1. The Kier molecular flexibility index (Phi) is 7.24. The molecule has 0 fully saturated rings. The quantitative estimate of drug-likeness (QED) is 0.301. The van der Waals surface area contributed by atoms with E-state index in [-0.39, 0.29) is 18.1 Å². The van der Waals surface area contributed by atoms with E-state index in [0.717, 1.165) is 22.8 Å². The second kappa shape index (κ2) is 11.1. The molecule has 0 saturated heterocycles. The molecule has 0 atom stereocenters. The minimum absolute atomic E-state index is 0.238. The highest BCUT2D eigenvalue weighted by Gasteiger charge is 2.12. The number of anilines is 2. The summed E-state index contributed by atoms with van der Waals surface area (Å²) >= 11 is 1.10. The number of pyridine rings is 3. The molecule has 0 aliphatic carbocycles. The molecule has 10 nitrogen and oxygen atoms in total. The van der Waals surface area contributed by atoms with Crippen molar-refractivity contribution in [2.45, 2.75) is 20.4 Å². The van der Waals surface area contributed by atoms with E-state index in [1.165, 1.54) is 18.5 Å². The summed E-state index contributed by atoms with van der Waals surface area (Å²) in [6.07, 6.45) is 4.34. The Labute approximate surface area is 226 Å². The fourth-order valence-electron chi connectivity index (χ4n) is 3.67. The average molecular weight is 538 g/mol. The summed E-state index contributed by atoms with van der Waals surface area (Å²) in [6.45, 7) is 3.87. The van der Waals surface area contributed by atoms with Gasteiger partial charge in [-0.15, -0.1) is 0 Å². The Balaban J connectivity index is 1.23. The van der Waals surface area contributed by atoms with Crippen LogP contribution in [0, 0.1) is 31.0 Å². The van der Waals surface area contributed by atoms with Gasteiger partial charge in [-0.05, 0) is 55.2 Å². The van der Waals surface area contributed by atoms with Crippen LogP contribution in [-0.2, 0) is 6.54 Å². The predicted octanol–water partition coefficient (Wildman–Crippen LogP) is 4.75. The van der Waals surface area contributed by atoms with Crippen LogP contribution in [0.15, 0.2) is 61.1 Å². The van der Waals surface area contributed by atoms with Gasteiger partial charge in [-0.2, -0.15) is 9.64 Å². The Hall–Kier alpha value is -5.15. The van der Waals surface area contributed by atoms with Crippen LogP contribution in [0.2, 0.25) is 0 Å². The van der Waals surface area contributed by atoms with Crippen molar-refractivity contribution in [1.29, 1.82) is 5.26 Å². The summed E-state index contributed by atoms with van der Waals surface area (Å²) in [5, 5.41) is 14.9. The van der Waals surface area contributed by atoms with Crippen molar-refractivity contribution in [3.63, 3.8) is 0 Å². The van der Waals surface area contributed by atoms with Gasteiger partial charge >= 0.3 is 0 Å². The molecular weight excluding hydrogens is 517 g/mol. The number of halogens is 1. The summed E-state index contributed by atoms with van der Waals surface area (Å²) in [4.78, 5) is 34.8. The highest BCUT2D eigenvalue weighted by atomic mass is 32.1. The van der Waals surface area contributed by atoms with Gasteiger partial charge in [-0.3, -0.25) is 19.7 Å². The van der Waals surface area contributed by atoms with Gasteiger partial charge in [0.15, 0.2) is 5.82 Å². The molecule has 1 amide bonds. The van der Waals surface area contributed by atoms with E-state index in [1.54, 1.807) is 43.5 Å². The summed E-state index contributed by atoms with van der Waals surface area (Å²) in [6, 6.07) is 13.8. The number of hydrogen-bond acceptors (Lipinski definition) is 10. The number of rotatable bonds is 7. The third-order valence-corrected chi connectivity index (χ3v) is 6.29. The number of nitrogens with zero attached hydrogens (tertiary/aromatic N) is 7. The Morgan fingerprint density at radius 2 is 1.87 bits per heavy atom. The van der Waals surface area contributed by atoms with Crippen molar-refractivity contribution in [1.82, 2.24) is 34.6 Å². The predicted molar refractivity (Wildman–Crippen MR) is 143 cm³/mol. The van der Waals surface area contributed by atoms with Crippen molar-refractivity contribution in [3.8, 4) is 28.7 Å². The Morgan fingerprint density at radius 3 is 2.59 bits per heavy atom. The van der Waals surface area contributed by atoms with E-state index in [2.05, 4.69) is 46.0 Å². The molecule has 2 N–H and O–H groups in total. The third kappa shape index (κ3) is 6.06. The van der Waals surface area contributed by atoms with Gasteiger partial charge in [-0.25, -0.2) is 14.4 Å². The van der Waals surface area contributed by atoms with Gasteiger partial charge in [0, 0.05) is 53.6 Å². The second-order valence-electron chi connectivity index (χ2n) is 8.48. The third-order valence-electron chi connectivity index (χ3n) is 5.59. The fourth-order valence-corrected chi connectivity index (χ4v) is 4.17. The molecule has 0 saturated carbocycles. The molecule has 12 heteroatoms. The van der Waals surface area contributed by atoms with Crippen LogP contribution in [0.25, 0.3) is 22.6 Å². The van der Waals surface area contributed by atoms with E-state index < -0.39 is 5.82 Å². The number of carbonyl (C=O) groups excluding carboxylic acids is 1. The molecular formula is C27H20FN9OS. The van der Waals surface area contributed by atoms with Crippen molar-refractivity contribution in [2.24, 2.45) is 0 Å². The summed E-state index contributed by atoms with van der Waals surface area (Å²) in [5.41, 5.74) is 4.27. The first-order chi connectivity index (χ1) is 18.9. The molecule has 0 aromatic carbocycles. The monoisotopic (exact) mass is 537 g/mol. The van der Waals surface area contributed by atoms with Crippen molar-refractivity contribution < 1.29 is 9.18 Å². The number of aromatic nitrogens is 6. The summed E-state index contributed by atoms with van der Waals surface area (Å²) in [5.74, 6) is 0.709. The van der Waals surface area contributed by atoms with E-state index in [4.69, 9.17) is 5.26 Å². The first kappa shape index (κ1) is 25.5. The van der Waals surface area contributed by atoms with Crippen LogP contribution in [0.1, 0.15) is 32.3 Å². The fraction of sp³-hybridized carbons (Fsp3) is 0.111. The lowest BCUT2D eigenvalue weighted by Gasteiger charge is -2.09. The second-order valence-corrected chi connectivity index (χ2v) is 9.29. The first-order valence-electron chi connectivity index (χ1n) is 11.7. The molecule has 0 aliphatic rings. The van der Waals surface area contributed by atoms with Gasteiger partial charge in [0.2, 0.25) is 0 Å². The largest absolute Gasteiger partial charge is 0.347 e. The summed E-state index contributed by atoms with van der Waals surface area (Å²) < 4.78 is 17.7. The highest BCUT2D eigenvalue weighted by molar-refractivity contribution is 7.06. The molecule has 0 spiro atoms. The first-order valence-corrected chi connectivity index (χ1v) is 12.5. The highest BCUT2D eigenvalue weighted by Crippen LogP contribution is 2.22. The number of amides is 1. The molecule has 0 aliphatic heterocycles. The lowest BCUT2D eigenvalue weighted by molar-refractivity contribution is 0.0946. The van der Waals surface area contributed by atoms with E-state index in [1.807, 2.05) is 13.0 Å².